The number of H-pyrrole nitrogens is 1. The number of hydrogen-bond acceptors (Lipinski definition) is 3. The van der Waals surface area contributed by atoms with Gasteiger partial charge in [-0.25, -0.2) is 4.98 Å². The average molecular weight is 335 g/mol. The highest BCUT2D eigenvalue weighted by Crippen LogP contribution is 2.30. The quantitative estimate of drug-likeness (QED) is 0.757. The van der Waals surface area contributed by atoms with E-state index in [2.05, 4.69) is 15.3 Å². The molecule has 0 aliphatic rings. The van der Waals surface area contributed by atoms with Crippen molar-refractivity contribution in [2.75, 3.05) is 5.32 Å². The Morgan fingerprint density at radius 2 is 1.80 bits per heavy atom. The summed E-state index contributed by atoms with van der Waals surface area (Å²) in [6.07, 6.45) is 0. The van der Waals surface area contributed by atoms with Crippen LogP contribution in [0.1, 0.15) is 42.3 Å². The van der Waals surface area contributed by atoms with E-state index in [-0.39, 0.29) is 11.7 Å². The predicted octanol–water partition coefficient (Wildman–Crippen LogP) is 3.99. The number of rotatable bonds is 4. The highest BCUT2D eigenvalue weighted by molar-refractivity contribution is 6.04. The molecule has 0 radical (unpaired) electrons. The molecule has 1 heterocycles. The molecule has 5 heteroatoms. The molecule has 128 valence electrons. The van der Waals surface area contributed by atoms with Gasteiger partial charge in [-0.1, -0.05) is 18.2 Å². The molecule has 25 heavy (non-hydrogen) atoms. The Balaban J connectivity index is 1.95. The first-order valence-corrected chi connectivity index (χ1v) is 8.17. The summed E-state index contributed by atoms with van der Waals surface area (Å²) in [5.41, 5.74) is 3.49. The number of aryl methyl sites for hydroxylation is 1. The number of fused-ring (bicyclic) bond motifs is 1. The summed E-state index contributed by atoms with van der Waals surface area (Å²) >= 11 is 0. The summed E-state index contributed by atoms with van der Waals surface area (Å²) in [4.78, 5) is 31.8. The fourth-order valence-corrected chi connectivity index (χ4v) is 2.86. The lowest BCUT2D eigenvalue weighted by Gasteiger charge is -2.23. The lowest BCUT2D eigenvalue weighted by molar-refractivity contribution is -0.121. The molecule has 3 aromatic rings. The van der Waals surface area contributed by atoms with E-state index < -0.39 is 5.41 Å². The first kappa shape index (κ1) is 16.9. The molecule has 0 unspecified atom stereocenters. The van der Waals surface area contributed by atoms with E-state index >= 15 is 0 Å². The van der Waals surface area contributed by atoms with Crippen molar-refractivity contribution in [2.24, 2.45) is 0 Å². The van der Waals surface area contributed by atoms with Crippen LogP contribution in [0.5, 0.6) is 0 Å². The van der Waals surface area contributed by atoms with Gasteiger partial charge in [0.05, 0.1) is 11.0 Å². The summed E-state index contributed by atoms with van der Waals surface area (Å²) in [6, 6.07) is 12.9. The van der Waals surface area contributed by atoms with Crippen LogP contribution in [0.2, 0.25) is 0 Å². The Morgan fingerprint density at radius 1 is 1.12 bits per heavy atom. The Labute approximate surface area is 146 Å². The Kier molecular flexibility index (Phi) is 4.17. The van der Waals surface area contributed by atoms with Crippen molar-refractivity contribution in [2.45, 2.75) is 33.1 Å². The first-order valence-electron chi connectivity index (χ1n) is 8.17. The predicted molar refractivity (Wildman–Crippen MR) is 98.9 cm³/mol. The van der Waals surface area contributed by atoms with Crippen LogP contribution in [-0.4, -0.2) is 21.7 Å². The van der Waals surface area contributed by atoms with E-state index in [1.54, 1.807) is 19.1 Å². The molecule has 2 N–H and O–H groups in total. The molecule has 0 aliphatic heterocycles. The zero-order valence-electron chi connectivity index (χ0n) is 14.8. The van der Waals surface area contributed by atoms with Crippen molar-refractivity contribution >= 4 is 28.7 Å². The van der Waals surface area contributed by atoms with Crippen LogP contribution in [0.4, 0.5) is 5.95 Å². The Morgan fingerprint density at radius 3 is 2.44 bits per heavy atom. The summed E-state index contributed by atoms with van der Waals surface area (Å²) in [5.74, 6) is 0.268. The van der Waals surface area contributed by atoms with Crippen molar-refractivity contribution in [1.29, 1.82) is 0 Å². The maximum atomic E-state index is 12.3. The molecule has 3 rings (SSSR count). The number of aromatic amines is 1. The molecule has 1 aromatic heterocycles. The summed E-state index contributed by atoms with van der Waals surface area (Å²) < 4.78 is 0. The molecule has 0 fully saturated rings. The topological polar surface area (TPSA) is 74.8 Å². The van der Waals surface area contributed by atoms with Gasteiger partial charge in [0.15, 0.2) is 0 Å². The third-order valence-electron chi connectivity index (χ3n) is 4.65. The van der Waals surface area contributed by atoms with E-state index in [1.807, 2.05) is 51.1 Å². The number of nitrogens with one attached hydrogen (secondary N) is 2. The number of amides is 1. The molecule has 2 aromatic carbocycles. The minimum atomic E-state index is -0.579. The number of benzene rings is 2. The summed E-state index contributed by atoms with van der Waals surface area (Å²) in [6.45, 7) is 7.39. The van der Waals surface area contributed by atoms with Gasteiger partial charge in [-0.3, -0.25) is 14.9 Å². The van der Waals surface area contributed by atoms with Crippen LogP contribution >= 0.6 is 0 Å². The number of carbonyl (C=O) groups is 2. The fraction of sp³-hybridized carbons (Fsp3) is 0.250. The van der Waals surface area contributed by atoms with E-state index in [1.165, 1.54) is 0 Å². The second kappa shape index (κ2) is 6.16. The lowest BCUT2D eigenvalue weighted by atomic mass is 9.79. The Bertz CT molecular complexity index is 956. The van der Waals surface area contributed by atoms with Crippen LogP contribution in [0.15, 0.2) is 42.5 Å². The number of anilines is 1. The number of nitrogens with zero attached hydrogens (tertiary/aromatic N) is 1. The van der Waals surface area contributed by atoms with Crippen LogP contribution in [-0.2, 0) is 10.2 Å². The van der Waals surface area contributed by atoms with Gasteiger partial charge in [-0.2, -0.15) is 0 Å². The normalized spacial score (nSPS) is 11.5. The number of ketones is 1. The Hall–Kier alpha value is -2.95. The van der Waals surface area contributed by atoms with Crippen LogP contribution in [0.25, 0.3) is 11.0 Å². The zero-order valence-corrected chi connectivity index (χ0v) is 14.8. The molecular weight excluding hydrogens is 314 g/mol. The maximum absolute atomic E-state index is 12.3. The second-order valence-corrected chi connectivity index (χ2v) is 6.77. The second-order valence-electron chi connectivity index (χ2n) is 6.77. The van der Waals surface area contributed by atoms with Crippen molar-refractivity contribution < 1.29 is 9.59 Å². The van der Waals surface area contributed by atoms with Gasteiger partial charge in [-0.15, -0.1) is 0 Å². The maximum Gasteiger partial charge on any atom is 0.257 e. The van der Waals surface area contributed by atoms with Gasteiger partial charge >= 0.3 is 0 Å². The molecule has 0 aliphatic carbocycles. The van der Waals surface area contributed by atoms with Crippen molar-refractivity contribution in [3.05, 3.63) is 59.2 Å². The third kappa shape index (κ3) is 3.18. The third-order valence-corrected chi connectivity index (χ3v) is 4.65. The molecule has 0 atom stereocenters. The SMILES string of the molecule is CC(=O)C(C)(C)c1cc2nc(NC(=O)c3ccccc3)[nH]c2cc1C. The van der Waals surface area contributed by atoms with Crippen molar-refractivity contribution in [1.82, 2.24) is 9.97 Å². The molecule has 0 saturated carbocycles. The standard InChI is InChI=1S/C20H21N3O2/c1-12-10-16-17(11-15(12)20(3,4)13(2)24)22-19(21-16)23-18(25)14-8-6-5-7-9-14/h5-11H,1-4H3,(H2,21,22,23,25). The molecular formula is C20H21N3O2. The fourth-order valence-electron chi connectivity index (χ4n) is 2.86. The molecule has 1 amide bonds. The lowest BCUT2D eigenvalue weighted by Crippen LogP contribution is -2.27. The average Bonchev–Trinajstić information content (AvgIpc) is 2.95. The molecule has 0 saturated heterocycles. The van der Waals surface area contributed by atoms with Gasteiger partial charge in [0.1, 0.15) is 5.78 Å². The summed E-state index contributed by atoms with van der Waals surface area (Å²) in [7, 11) is 0. The van der Waals surface area contributed by atoms with Gasteiger partial charge in [0, 0.05) is 11.0 Å². The summed E-state index contributed by atoms with van der Waals surface area (Å²) in [5, 5.41) is 2.78. The minimum Gasteiger partial charge on any atom is -0.324 e. The smallest absolute Gasteiger partial charge is 0.257 e. The van der Waals surface area contributed by atoms with Crippen molar-refractivity contribution in [3.8, 4) is 0 Å². The van der Waals surface area contributed by atoms with E-state index in [0.717, 1.165) is 22.2 Å². The molecule has 5 nitrogen and oxygen atoms in total. The minimum absolute atomic E-state index is 0.100. The number of carbonyl (C=O) groups excluding carboxylic acids is 2. The van der Waals surface area contributed by atoms with Crippen LogP contribution in [0.3, 0.4) is 0 Å². The van der Waals surface area contributed by atoms with Crippen LogP contribution < -0.4 is 5.32 Å². The number of aromatic nitrogens is 2. The van der Waals surface area contributed by atoms with Gasteiger partial charge < -0.3 is 4.98 Å². The van der Waals surface area contributed by atoms with Gasteiger partial charge in [0.25, 0.3) is 5.91 Å². The van der Waals surface area contributed by atoms with Gasteiger partial charge in [0.2, 0.25) is 5.95 Å². The zero-order chi connectivity index (χ0) is 18.2. The first-order chi connectivity index (χ1) is 11.8. The monoisotopic (exact) mass is 335 g/mol. The number of hydrogen-bond donors (Lipinski definition) is 2. The number of Topliss-reactive ketones (excluding diaryl/α,β-unsaturated/α-hetero) is 1. The van der Waals surface area contributed by atoms with Crippen LogP contribution in [0, 0.1) is 6.92 Å². The molecule has 0 spiro atoms. The highest BCUT2D eigenvalue weighted by atomic mass is 16.1. The van der Waals surface area contributed by atoms with E-state index in [4.69, 9.17) is 0 Å². The number of imidazole rings is 1. The van der Waals surface area contributed by atoms with Crippen molar-refractivity contribution in [3.63, 3.8) is 0 Å². The van der Waals surface area contributed by atoms with Gasteiger partial charge in [-0.05, 0) is 63.1 Å². The van der Waals surface area contributed by atoms with E-state index in [9.17, 15) is 9.59 Å². The van der Waals surface area contributed by atoms with E-state index in [0.29, 0.717) is 11.5 Å². The highest BCUT2D eigenvalue weighted by Gasteiger charge is 2.28. The largest absolute Gasteiger partial charge is 0.324 e. The molecule has 0 bridgehead atoms.